The highest BCUT2D eigenvalue weighted by molar-refractivity contribution is 6.30. The summed E-state index contributed by atoms with van der Waals surface area (Å²) in [7, 11) is 0. The molecule has 1 aliphatic rings. The average Bonchev–Trinajstić information content (AvgIpc) is 2.59. The van der Waals surface area contributed by atoms with Crippen LogP contribution in [0.1, 0.15) is 20.3 Å². The Balaban J connectivity index is 2.00. The molecule has 2 N–H and O–H groups in total. The molecule has 1 saturated heterocycles. The van der Waals surface area contributed by atoms with Crippen LogP contribution in [0.3, 0.4) is 0 Å². The molecule has 2 atom stereocenters. The Morgan fingerprint density at radius 1 is 1.24 bits per heavy atom. The molecule has 1 amide bonds. The molecule has 2 rings (SSSR count). The zero-order valence-corrected chi connectivity index (χ0v) is 15.2. The van der Waals surface area contributed by atoms with E-state index < -0.39 is 18.0 Å². The Hall–Kier alpha value is -1.86. The molecule has 1 fully saturated rings. The number of carbonyl (C=O) groups excluding carboxylic acids is 1. The number of carbonyl (C=O) groups is 2. The third-order valence-electron chi connectivity index (χ3n) is 4.30. The van der Waals surface area contributed by atoms with Crippen LogP contribution in [0.15, 0.2) is 18.3 Å². The van der Waals surface area contributed by atoms with Crippen LogP contribution in [-0.4, -0.2) is 64.3 Å². The molecule has 0 radical (unpaired) electrons. The first-order valence-corrected chi connectivity index (χ1v) is 8.73. The minimum absolute atomic E-state index is 0.113. The number of carboxylic acids is 1. The molecule has 0 spiro atoms. The van der Waals surface area contributed by atoms with E-state index in [1.165, 1.54) is 0 Å². The topological polar surface area (TPSA) is 94.0 Å². The molecule has 0 aromatic carbocycles. The van der Waals surface area contributed by atoms with E-state index in [4.69, 9.17) is 16.7 Å². The van der Waals surface area contributed by atoms with Crippen molar-refractivity contribution in [2.24, 2.45) is 11.8 Å². The van der Waals surface area contributed by atoms with Crippen LogP contribution in [0.2, 0.25) is 5.02 Å². The van der Waals surface area contributed by atoms with Crippen molar-refractivity contribution in [2.45, 2.75) is 26.4 Å². The lowest BCUT2D eigenvalue weighted by atomic mass is 9.90. The highest BCUT2D eigenvalue weighted by atomic mass is 35.5. The monoisotopic (exact) mass is 369 g/mol. The zero-order chi connectivity index (χ0) is 18.6. The van der Waals surface area contributed by atoms with Gasteiger partial charge in [-0.25, -0.2) is 9.78 Å². The van der Waals surface area contributed by atoms with Gasteiger partial charge in [0.05, 0.1) is 10.9 Å². The summed E-state index contributed by atoms with van der Waals surface area (Å²) >= 11 is 5.84. The van der Waals surface area contributed by atoms with Gasteiger partial charge in [-0.15, -0.1) is 0 Å². The van der Waals surface area contributed by atoms with Gasteiger partial charge in [-0.05, 0) is 24.5 Å². The van der Waals surface area contributed by atoms with Crippen molar-refractivity contribution in [1.82, 2.24) is 9.88 Å². The largest absolute Gasteiger partial charge is 0.479 e. The summed E-state index contributed by atoms with van der Waals surface area (Å²) in [5, 5.41) is 19.6. The van der Waals surface area contributed by atoms with Crippen molar-refractivity contribution in [2.75, 3.05) is 31.1 Å². The number of nitrogens with zero attached hydrogens (tertiary/aromatic N) is 3. The summed E-state index contributed by atoms with van der Waals surface area (Å²) in [6, 6.07) is 3.60. The number of piperazine rings is 1. The smallest absolute Gasteiger partial charge is 0.333 e. The summed E-state index contributed by atoms with van der Waals surface area (Å²) in [6.07, 6.45) is 0.243. The van der Waals surface area contributed by atoms with Crippen LogP contribution >= 0.6 is 11.6 Å². The van der Waals surface area contributed by atoms with E-state index >= 15 is 0 Å². The Morgan fingerprint density at radius 3 is 2.36 bits per heavy atom. The molecule has 0 unspecified atom stereocenters. The third kappa shape index (κ3) is 5.06. The van der Waals surface area contributed by atoms with Gasteiger partial charge in [0.2, 0.25) is 5.91 Å². The number of carboxylic acid groups (broad SMARTS) is 1. The van der Waals surface area contributed by atoms with Gasteiger partial charge in [-0.2, -0.15) is 0 Å². The molecule has 7 nitrogen and oxygen atoms in total. The highest BCUT2D eigenvalue weighted by Crippen LogP contribution is 2.21. The minimum atomic E-state index is -1.68. The van der Waals surface area contributed by atoms with Crippen molar-refractivity contribution in [3.63, 3.8) is 0 Å². The van der Waals surface area contributed by atoms with E-state index in [0.29, 0.717) is 37.6 Å². The number of halogens is 1. The van der Waals surface area contributed by atoms with E-state index in [-0.39, 0.29) is 11.8 Å². The first-order valence-electron chi connectivity index (χ1n) is 8.35. The number of hydrogen-bond acceptors (Lipinski definition) is 5. The Kier molecular flexibility index (Phi) is 6.61. The van der Waals surface area contributed by atoms with E-state index in [9.17, 15) is 14.7 Å². The number of pyridine rings is 1. The maximum atomic E-state index is 12.7. The van der Waals surface area contributed by atoms with Gasteiger partial charge >= 0.3 is 5.97 Å². The summed E-state index contributed by atoms with van der Waals surface area (Å²) in [5.41, 5.74) is 0. The fraction of sp³-hybridized carbons (Fsp3) is 0.588. The molecule has 8 heteroatoms. The molecule has 25 heavy (non-hydrogen) atoms. The third-order valence-corrected chi connectivity index (χ3v) is 4.53. The molecule has 138 valence electrons. The van der Waals surface area contributed by atoms with Gasteiger partial charge in [-0.1, -0.05) is 25.4 Å². The highest BCUT2D eigenvalue weighted by Gasteiger charge is 2.36. The predicted molar refractivity (Wildman–Crippen MR) is 94.6 cm³/mol. The number of rotatable bonds is 6. The Labute approximate surface area is 152 Å². The first-order chi connectivity index (χ1) is 11.8. The maximum absolute atomic E-state index is 12.7. The van der Waals surface area contributed by atoms with Crippen molar-refractivity contribution < 1.29 is 19.8 Å². The van der Waals surface area contributed by atoms with Gasteiger partial charge in [-0.3, -0.25) is 4.79 Å². The number of hydrogen-bond donors (Lipinski definition) is 2. The number of aliphatic hydroxyl groups is 1. The van der Waals surface area contributed by atoms with Crippen molar-refractivity contribution in [1.29, 1.82) is 0 Å². The number of aliphatic hydroxyl groups excluding tert-OH is 1. The van der Waals surface area contributed by atoms with Gasteiger partial charge in [0.15, 0.2) is 6.10 Å². The van der Waals surface area contributed by atoms with E-state index in [1.807, 2.05) is 24.8 Å². The molecular formula is C17H24ClN3O4. The van der Waals surface area contributed by atoms with Crippen molar-refractivity contribution >= 4 is 29.3 Å². The number of aliphatic carboxylic acids is 1. The normalized spacial score (nSPS) is 17.5. The predicted octanol–water partition coefficient (Wildman–Crippen LogP) is 1.49. The second-order valence-corrected chi connectivity index (χ2v) is 7.10. The molecule has 0 aliphatic carbocycles. The van der Waals surface area contributed by atoms with Gasteiger partial charge in [0.1, 0.15) is 5.82 Å². The lowest BCUT2D eigenvalue weighted by molar-refractivity contribution is -0.157. The lowest BCUT2D eigenvalue weighted by Crippen LogP contribution is -2.53. The minimum Gasteiger partial charge on any atom is -0.479 e. The Bertz CT molecular complexity index is 600. The SMILES string of the molecule is CC(C)C[C@H](C(=O)N1CCN(c2ccc(Cl)cn2)CC1)[C@H](O)C(=O)O. The number of amides is 1. The van der Waals surface area contributed by atoms with Crippen molar-refractivity contribution in [3.05, 3.63) is 23.4 Å². The molecule has 1 aliphatic heterocycles. The molecule has 1 aromatic rings. The second-order valence-electron chi connectivity index (χ2n) is 6.67. The molecular weight excluding hydrogens is 346 g/mol. The fourth-order valence-electron chi connectivity index (χ4n) is 2.99. The van der Waals surface area contributed by atoms with E-state index in [2.05, 4.69) is 4.98 Å². The van der Waals surface area contributed by atoms with Crippen LogP contribution in [0.5, 0.6) is 0 Å². The van der Waals surface area contributed by atoms with E-state index in [0.717, 1.165) is 5.82 Å². The summed E-state index contributed by atoms with van der Waals surface area (Å²) in [5.74, 6) is -1.67. The number of anilines is 1. The summed E-state index contributed by atoms with van der Waals surface area (Å²) < 4.78 is 0. The van der Waals surface area contributed by atoms with Gasteiger partial charge in [0, 0.05) is 32.4 Å². The first kappa shape index (κ1) is 19.5. The molecule has 0 bridgehead atoms. The quantitative estimate of drug-likeness (QED) is 0.789. The fourth-order valence-corrected chi connectivity index (χ4v) is 3.10. The molecule has 2 heterocycles. The lowest BCUT2D eigenvalue weighted by Gasteiger charge is -2.37. The van der Waals surface area contributed by atoms with E-state index in [1.54, 1.807) is 17.2 Å². The van der Waals surface area contributed by atoms with Gasteiger partial charge in [0.25, 0.3) is 0 Å². The average molecular weight is 370 g/mol. The Morgan fingerprint density at radius 2 is 1.88 bits per heavy atom. The van der Waals surface area contributed by atoms with Crippen LogP contribution < -0.4 is 4.90 Å². The molecule has 1 aromatic heterocycles. The van der Waals surface area contributed by atoms with Crippen LogP contribution in [0, 0.1) is 11.8 Å². The second kappa shape index (κ2) is 8.49. The summed E-state index contributed by atoms with van der Waals surface area (Å²) in [4.78, 5) is 31.8. The zero-order valence-electron chi connectivity index (χ0n) is 14.4. The standard InChI is InChI=1S/C17H24ClN3O4/c1-11(2)9-13(15(22)17(24)25)16(23)21-7-5-20(6-8-21)14-4-3-12(18)10-19-14/h3-4,10-11,13,15,22H,5-9H2,1-2H3,(H,24,25)/t13-,15-/m0/s1. The van der Waals surface area contributed by atoms with Crippen LogP contribution in [0.4, 0.5) is 5.82 Å². The van der Waals surface area contributed by atoms with Crippen molar-refractivity contribution in [3.8, 4) is 0 Å². The van der Waals surface area contributed by atoms with Crippen LogP contribution in [0.25, 0.3) is 0 Å². The number of aromatic nitrogens is 1. The van der Waals surface area contributed by atoms with Crippen LogP contribution in [-0.2, 0) is 9.59 Å². The van der Waals surface area contributed by atoms with Gasteiger partial charge < -0.3 is 20.0 Å². The maximum Gasteiger partial charge on any atom is 0.333 e. The summed E-state index contributed by atoms with van der Waals surface area (Å²) in [6.45, 7) is 5.92. The molecule has 0 saturated carbocycles.